The van der Waals surface area contributed by atoms with Gasteiger partial charge in [0.2, 0.25) is 0 Å². The van der Waals surface area contributed by atoms with Crippen molar-refractivity contribution in [2.75, 3.05) is 0 Å². The summed E-state index contributed by atoms with van der Waals surface area (Å²) < 4.78 is 22.2. The van der Waals surface area contributed by atoms with Crippen LogP contribution in [-0.4, -0.2) is 34.5 Å². The number of hydrogen-bond donors (Lipinski definition) is 0. The van der Waals surface area contributed by atoms with Crippen molar-refractivity contribution in [1.29, 1.82) is 0 Å². The van der Waals surface area contributed by atoms with Crippen molar-refractivity contribution in [3.8, 4) is 0 Å². The first-order valence-electron chi connectivity index (χ1n) is 12.2. The Morgan fingerprint density at radius 1 is 0.622 bits per heavy atom. The average Bonchev–Trinajstić information content (AvgIpc) is 3.47. The van der Waals surface area contributed by atoms with Crippen molar-refractivity contribution in [3.05, 3.63) is 107 Å². The molecule has 4 aromatic rings. The molecule has 1 fully saturated rings. The molecule has 3 aromatic carbocycles. The highest BCUT2D eigenvalue weighted by Gasteiger charge is 2.57. The molecule has 6 rings (SSSR count). The van der Waals surface area contributed by atoms with Crippen LogP contribution in [0.15, 0.2) is 84.9 Å². The SMILES string of the molecule is O=C(OCc1ccccc1)O[C@@H]1[C@H](OC(=O)OCc2ccccc2)[C@@H]2C[C@H]1c1nc3ccccc3nc12. The summed E-state index contributed by atoms with van der Waals surface area (Å²) in [7, 11) is 0. The van der Waals surface area contributed by atoms with Crippen molar-refractivity contribution >= 4 is 23.3 Å². The predicted molar refractivity (Wildman–Crippen MR) is 133 cm³/mol. The molecule has 0 aliphatic heterocycles. The first-order valence-corrected chi connectivity index (χ1v) is 12.2. The van der Waals surface area contributed by atoms with E-state index in [0.29, 0.717) is 6.42 Å². The van der Waals surface area contributed by atoms with Gasteiger partial charge in [0.05, 0.1) is 22.4 Å². The minimum atomic E-state index is -0.831. The van der Waals surface area contributed by atoms with Gasteiger partial charge in [-0.25, -0.2) is 19.6 Å². The van der Waals surface area contributed by atoms with Gasteiger partial charge in [-0.15, -0.1) is 0 Å². The zero-order chi connectivity index (χ0) is 25.2. The molecule has 0 N–H and O–H groups in total. The first kappa shape index (κ1) is 23.0. The lowest BCUT2D eigenvalue weighted by Crippen LogP contribution is -2.40. The Balaban J connectivity index is 1.21. The smallest absolute Gasteiger partial charge is 0.429 e. The van der Waals surface area contributed by atoms with Gasteiger partial charge in [-0.1, -0.05) is 72.8 Å². The minimum absolute atomic E-state index is 0.0756. The lowest BCUT2D eigenvalue weighted by atomic mass is 9.94. The molecule has 186 valence electrons. The standard InChI is InChI=1S/C29H24N2O6/c32-28(34-16-18-9-3-1-4-10-18)36-26-20-15-21(25-24(20)30-22-13-7-8-14-23(22)31-25)27(26)37-29(33)35-17-19-11-5-2-6-12-19/h1-14,20-21,26-27H,15-17H2/t20-,21+,26-,27+. The van der Waals surface area contributed by atoms with Crippen LogP contribution in [0, 0.1) is 0 Å². The molecule has 0 spiro atoms. The van der Waals surface area contributed by atoms with E-state index < -0.39 is 24.5 Å². The van der Waals surface area contributed by atoms with E-state index in [1.807, 2.05) is 84.9 Å². The molecule has 8 nitrogen and oxygen atoms in total. The molecule has 1 saturated carbocycles. The average molecular weight is 497 g/mol. The van der Waals surface area contributed by atoms with Crippen LogP contribution < -0.4 is 0 Å². The number of para-hydroxylation sites is 2. The molecule has 1 aromatic heterocycles. The van der Waals surface area contributed by atoms with E-state index in [-0.39, 0.29) is 25.0 Å². The van der Waals surface area contributed by atoms with Gasteiger partial charge in [-0.05, 0) is 29.7 Å². The maximum atomic E-state index is 12.7. The van der Waals surface area contributed by atoms with Gasteiger partial charge in [0.15, 0.2) is 12.2 Å². The van der Waals surface area contributed by atoms with Gasteiger partial charge < -0.3 is 18.9 Å². The van der Waals surface area contributed by atoms with E-state index in [2.05, 4.69) is 0 Å². The van der Waals surface area contributed by atoms with Crippen LogP contribution in [0.25, 0.3) is 11.0 Å². The van der Waals surface area contributed by atoms with Crippen molar-refractivity contribution in [1.82, 2.24) is 9.97 Å². The second kappa shape index (κ2) is 9.89. The second-order valence-electron chi connectivity index (χ2n) is 9.14. The molecule has 37 heavy (non-hydrogen) atoms. The largest absolute Gasteiger partial charge is 0.509 e. The lowest BCUT2D eigenvalue weighted by Gasteiger charge is -2.30. The molecule has 0 saturated heterocycles. The Bertz CT molecular complexity index is 1320. The number of ether oxygens (including phenoxy) is 4. The van der Waals surface area contributed by atoms with Crippen LogP contribution in [0.1, 0.15) is 40.8 Å². The maximum Gasteiger partial charge on any atom is 0.509 e. The summed E-state index contributed by atoms with van der Waals surface area (Å²) in [5, 5.41) is 0. The lowest BCUT2D eigenvalue weighted by molar-refractivity contribution is -0.0580. The van der Waals surface area contributed by atoms with Gasteiger partial charge in [0, 0.05) is 11.8 Å². The Morgan fingerprint density at radius 2 is 1.03 bits per heavy atom. The third-order valence-electron chi connectivity index (χ3n) is 6.82. The maximum absolute atomic E-state index is 12.7. The highest BCUT2D eigenvalue weighted by molar-refractivity contribution is 5.75. The Labute approximate surface area is 213 Å². The van der Waals surface area contributed by atoms with E-state index in [1.54, 1.807) is 0 Å². The normalized spacial score (nSPS) is 21.3. The van der Waals surface area contributed by atoms with Crippen LogP contribution in [0.2, 0.25) is 0 Å². The van der Waals surface area contributed by atoms with Crippen molar-refractivity contribution in [3.63, 3.8) is 0 Å². The quantitative estimate of drug-likeness (QED) is 0.316. The van der Waals surface area contributed by atoms with E-state index in [9.17, 15) is 9.59 Å². The number of rotatable bonds is 6. The predicted octanol–water partition coefficient (Wildman–Crippen LogP) is 5.66. The molecule has 2 aliphatic carbocycles. The fourth-order valence-corrected chi connectivity index (χ4v) is 5.13. The fourth-order valence-electron chi connectivity index (χ4n) is 5.13. The van der Waals surface area contributed by atoms with Gasteiger partial charge >= 0.3 is 12.3 Å². The van der Waals surface area contributed by atoms with Crippen molar-refractivity contribution in [2.45, 2.75) is 43.7 Å². The molecular weight excluding hydrogens is 472 g/mol. The molecule has 1 heterocycles. The number of aromatic nitrogens is 2. The molecule has 0 amide bonds. The summed E-state index contributed by atoms with van der Waals surface area (Å²) in [4.78, 5) is 35.0. The van der Waals surface area contributed by atoms with Crippen LogP contribution in [0.3, 0.4) is 0 Å². The molecule has 8 heteroatoms. The summed E-state index contributed by atoms with van der Waals surface area (Å²) in [6.45, 7) is 0.151. The molecule has 0 radical (unpaired) electrons. The van der Waals surface area contributed by atoms with Crippen LogP contribution in [-0.2, 0) is 32.2 Å². The topological polar surface area (TPSA) is 96.8 Å². The first-order chi connectivity index (χ1) is 18.2. The zero-order valence-electron chi connectivity index (χ0n) is 19.9. The third-order valence-corrected chi connectivity index (χ3v) is 6.82. The van der Waals surface area contributed by atoms with Crippen LogP contribution in [0.4, 0.5) is 9.59 Å². The summed E-state index contributed by atoms with van der Waals surface area (Å²) >= 11 is 0. The van der Waals surface area contributed by atoms with E-state index in [0.717, 1.165) is 33.5 Å². The Kier molecular flexibility index (Phi) is 6.14. The number of hydrogen-bond acceptors (Lipinski definition) is 8. The number of benzene rings is 3. The fraction of sp³-hybridized carbons (Fsp3) is 0.241. The highest BCUT2D eigenvalue weighted by atomic mass is 16.8. The highest BCUT2D eigenvalue weighted by Crippen LogP contribution is 2.54. The van der Waals surface area contributed by atoms with Gasteiger partial charge in [-0.3, -0.25) is 0 Å². The molecule has 4 atom stereocenters. The summed E-state index contributed by atoms with van der Waals surface area (Å²) in [6.07, 6.45) is -2.59. The summed E-state index contributed by atoms with van der Waals surface area (Å²) in [5.74, 6) is -0.540. The summed E-state index contributed by atoms with van der Waals surface area (Å²) in [5.41, 5.74) is 4.74. The molecule has 2 aliphatic rings. The minimum Gasteiger partial charge on any atom is -0.429 e. The Hall–Kier alpha value is -4.46. The van der Waals surface area contributed by atoms with Crippen molar-refractivity contribution < 1.29 is 28.5 Å². The van der Waals surface area contributed by atoms with Crippen molar-refractivity contribution in [2.24, 2.45) is 0 Å². The van der Waals surface area contributed by atoms with Crippen LogP contribution in [0.5, 0.6) is 0 Å². The Morgan fingerprint density at radius 3 is 1.46 bits per heavy atom. The second-order valence-corrected chi connectivity index (χ2v) is 9.14. The number of fused-ring (bicyclic) bond motifs is 6. The van der Waals surface area contributed by atoms with Crippen LogP contribution >= 0.6 is 0 Å². The monoisotopic (exact) mass is 496 g/mol. The third kappa shape index (κ3) is 4.70. The molecule has 0 unspecified atom stereocenters. The summed E-state index contributed by atoms with van der Waals surface area (Å²) in [6, 6.07) is 26.3. The van der Waals surface area contributed by atoms with E-state index >= 15 is 0 Å². The van der Waals surface area contributed by atoms with Gasteiger partial charge in [0.25, 0.3) is 0 Å². The van der Waals surface area contributed by atoms with E-state index in [4.69, 9.17) is 28.9 Å². The number of carbonyl (C=O) groups is 2. The molecular formula is C29H24N2O6. The van der Waals surface area contributed by atoms with Gasteiger partial charge in [0.1, 0.15) is 13.2 Å². The molecule has 2 bridgehead atoms. The van der Waals surface area contributed by atoms with E-state index in [1.165, 1.54) is 0 Å². The number of nitrogens with zero attached hydrogens (tertiary/aromatic N) is 2. The van der Waals surface area contributed by atoms with Gasteiger partial charge in [-0.2, -0.15) is 0 Å². The zero-order valence-corrected chi connectivity index (χ0v) is 19.9. The number of carbonyl (C=O) groups excluding carboxylic acids is 2.